The van der Waals surface area contributed by atoms with Crippen LogP contribution in [0.25, 0.3) is 11.3 Å². The molecule has 0 aliphatic heterocycles. The minimum Gasteiger partial charge on any atom is -0.475 e. The van der Waals surface area contributed by atoms with E-state index >= 15 is 0 Å². The average Bonchev–Trinajstić information content (AvgIpc) is 3.15. The van der Waals surface area contributed by atoms with E-state index in [1.165, 1.54) is 0 Å². The van der Waals surface area contributed by atoms with Gasteiger partial charge in [-0.05, 0) is 19.4 Å². The number of hydrogen-bond acceptors (Lipinski definition) is 5. The molecule has 2 heterocycles. The number of nitrogens with one attached hydrogen (secondary N) is 2. The molecule has 0 aliphatic rings. The molecule has 2 N–H and O–H groups in total. The Balaban J connectivity index is 1.44. The molecule has 2 aromatic heterocycles. The Kier molecular flexibility index (Phi) is 6.04. The molecule has 0 unspecified atom stereocenters. The number of benzene rings is 1. The summed E-state index contributed by atoms with van der Waals surface area (Å²) in [5, 5.41) is 9.51. The predicted molar refractivity (Wildman–Crippen MR) is 101 cm³/mol. The highest BCUT2D eigenvalue weighted by Crippen LogP contribution is 2.19. The molecule has 140 valence electrons. The summed E-state index contributed by atoms with van der Waals surface area (Å²) in [5.74, 6) is 1.24. The molecule has 27 heavy (non-hydrogen) atoms. The second-order valence-electron chi connectivity index (χ2n) is 6.26. The van der Waals surface area contributed by atoms with Gasteiger partial charge in [0.25, 0.3) is 0 Å². The van der Waals surface area contributed by atoms with Gasteiger partial charge in [-0.2, -0.15) is 0 Å². The van der Waals surface area contributed by atoms with Crippen LogP contribution in [-0.2, 0) is 13.1 Å². The first-order valence-corrected chi connectivity index (χ1v) is 8.74. The molecule has 2 amide bonds. The van der Waals surface area contributed by atoms with Gasteiger partial charge in [-0.1, -0.05) is 41.6 Å². The average molecular weight is 366 g/mol. The molecule has 1 aromatic carbocycles. The Labute approximate surface area is 157 Å². The topological polar surface area (TPSA) is 89.3 Å². The molecule has 3 rings (SSSR count). The third-order valence-corrected chi connectivity index (χ3v) is 3.65. The summed E-state index contributed by atoms with van der Waals surface area (Å²) >= 11 is 0. The minimum atomic E-state index is -0.290. The molecule has 0 aliphatic carbocycles. The number of carbonyl (C=O) groups excluding carboxylic acids is 1. The van der Waals surface area contributed by atoms with Gasteiger partial charge in [0.1, 0.15) is 5.69 Å². The van der Waals surface area contributed by atoms with Crippen molar-refractivity contribution < 1.29 is 14.1 Å². The fourth-order valence-corrected chi connectivity index (χ4v) is 2.38. The Bertz CT molecular complexity index is 860. The zero-order valence-electron chi connectivity index (χ0n) is 15.3. The normalized spacial score (nSPS) is 10.6. The maximum absolute atomic E-state index is 12.0. The lowest BCUT2D eigenvalue weighted by Gasteiger charge is -2.09. The van der Waals surface area contributed by atoms with Crippen LogP contribution in [0.4, 0.5) is 4.79 Å². The Morgan fingerprint density at radius 1 is 1.11 bits per heavy atom. The van der Waals surface area contributed by atoms with Gasteiger partial charge in [-0.3, -0.25) is 0 Å². The maximum atomic E-state index is 12.0. The van der Waals surface area contributed by atoms with Gasteiger partial charge in [-0.25, -0.2) is 9.78 Å². The van der Waals surface area contributed by atoms with Crippen molar-refractivity contribution in [1.82, 2.24) is 20.8 Å². The molecule has 7 heteroatoms. The van der Waals surface area contributed by atoms with Crippen molar-refractivity contribution in [2.45, 2.75) is 33.0 Å². The van der Waals surface area contributed by atoms with Crippen LogP contribution in [0.3, 0.4) is 0 Å². The highest BCUT2D eigenvalue weighted by Gasteiger charge is 2.08. The third kappa shape index (κ3) is 5.57. The highest BCUT2D eigenvalue weighted by molar-refractivity contribution is 5.73. The summed E-state index contributed by atoms with van der Waals surface area (Å²) in [6.45, 7) is 4.54. The van der Waals surface area contributed by atoms with Crippen molar-refractivity contribution in [1.29, 1.82) is 0 Å². The standard InChI is InChI=1S/C20H22N4O3/c1-14(2)26-19-9-8-15(11-21-19)12-22-20(25)23-13-17-10-18(27-24-17)16-6-4-3-5-7-16/h3-11,14H,12-13H2,1-2H3,(H2,22,23,25). The summed E-state index contributed by atoms with van der Waals surface area (Å²) in [7, 11) is 0. The van der Waals surface area contributed by atoms with Gasteiger partial charge in [0.05, 0.1) is 12.6 Å². The SMILES string of the molecule is CC(C)Oc1ccc(CNC(=O)NCc2cc(-c3ccccc3)on2)cn1. The summed E-state index contributed by atoms with van der Waals surface area (Å²) in [4.78, 5) is 16.2. The summed E-state index contributed by atoms with van der Waals surface area (Å²) in [6, 6.07) is 14.9. The van der Waals surface area contributed by atoms with Crippen LogP contribution in [0.5, 0.6) is 5.88 Å². The van der Waals surface area contributed by atoms with Gasteiger partial charge in [0, 0.05) is 30.4 Å². The van der Waals surface area contributed by atoms with E-state index in [9.17, 15) is 4.79 Å². The second-order valence-corrected chi connectivity index (χ2v) is 6.26. The monoisotopic (exact) mass is 366 g/mol. The fraction of sp³-hybridized carbons (Fsp3) is 0.250. The Morgan fingerprint density at radius 2 is 1.89 bits per heavy atom. The van der Waals surface area contributed by atoms with Crippen molar-refractivity contribution in [3.63, 3.8) is 0 Å². The molecule has 0 atom stereocenters. The van der Waals surface area contributed by atoms with Gasteiger partial charge >= 0.3 is 6.03 Å². The van der Waals surface area contributed by atoms with Crippen molar-refractivity contribution in [2.75, 3.05) is 0 Å². The van der Waals surface area contributed by atoms with E-state index in [2.05, 4.69) is 20.8 Å². The van der Waals surface area contributed by atoms with Gasteiger partial charge in [-0.15, -0.1) is 0 Å². The Hall–Kier alpha value is -3.35. The smallest absolute Gasteiger partial charge is 0.315 e. The lowest BCUT2D eigenvalue weighted by Crippen LogP contribution is -2.34. The van der Waals surface area contributed by atoms with E-state index in [1.807, 2.05) is 56.3 Å². The van der Waals surface area contributed by atoms with Gasteiger partial charge in [0.15, 0.2) is 5.76 Å². The zero-order valence-corrected chi connectivity index (χ0v) is 15.3. The molecule has 0 radical (unpaired) electrons. The number of urea groups is 1. The number of rotatable bonds is 7. The van der Waals surface area contributed by atoms with Crippen LogP contribution in [0.15, 0.2) is 59.3 Å². The zero-order chi connectivity index (χ0) is 19.1. The van der Waals surface area contributed by atoms with E-state index in [1.54, 1.807) is 12.3 Å². The first kappa shape index (κ1) is 18.4. The Morgan fingerprint density at radius 3 is 2.59 bits per heavy atom. The first-order chi connectivity index (χ1) is 13.1. The van der Waals surface area contributed by atoms with Gasteiger partial charge < -0.3 is 19.9 Å². The van der Waals surface area contributed by atoms with E-state index < -0.39 is 0 Å². The number of hydrogen-bond donors (Lipinski definition) is 2. The predicted octanol–water partition coefficient (Wildman–Crippen LogP) is 3.52. The third-order valence-electron chi connectivity index (χ3n) is 3.65. The summed E-state index contributed by atoms with van der Waals surface area (Å²) < 4.78 is 10.8. The van der Waals surface area contributed by atoms with Crippen LogP contribution < -0.4 is 15.4 Å². The van der Waals surface area contributed by atoms with Crippen LogP contribution >= 0.6 is 0 Å². The number of nitrogens with zero attached hydrogens (tertiary/aromatic N) is 2. The maximum Gasteiger partial charge on any atom is 0.315 e. The van der Waals surface area contributed by atoms with Crippen molar-refractivity contribution >= 4 is 6.03 Å². The number of aromatic nitrogens is 2. The van der Waals surface area contributed by atoms with Crippen molar-refractivity contribution in [3.8, 4) is 17.2 Å². The quantitative estimate of drug-likeness (QED) is 0.668. The van der Waals surface area contributed by atoms with E-state index in [0.717, 1.165) is 11.1 Å². The molecule has 0 bridgehead atoms. The van der Waals surface area contributed by atoms with E-state index in [-0.39, 0.29) is 18.7 Å². The van der Waals surface area contributed by atoms with Crippen LogP contribution in [0.1, 0.15) is 25.1 Å². The lowest BCUT2D eigenvalue weighted by atomic mass is 10.2. The fourth-order valence-electron chi connectivity index (χ4n) is 2.38. The van der Waals surface area contributed by atoms with Crippen LogP contribution in [0.2, 0.25) is 0 Å². The molecule has 3 aromatic rings. The van der Waals surface area contributed by atoms with Crippen LogP contribution in [0, 0.1) is 0 Å². The first-order valence-electron chi connectivity index (χ1n) is 8.74. The molecule has 0 saturated heterocycles. The number of pyridine rings is 1. The number of carbonyl (C=O) groups is 1. The number of amides is 2. The highest BCUT2D eigenvalue weighted by atomic mass is 16.5. The van der Waals surface area contributed by atoms with E-state index in [0.29, 0.717) is 23.9 Å². The molecule has 0 fully saturated rings. The van der Waals surface area contributed by atoms with Gasteiger partial charge in [0.2, 0.25) is 5.88 Å². The lowest BCUT2D eigenvalue weighted by molar-refractivity contribution is 0.232. The molecule has 7 nitrogen and oxygen atoms in total. The number of ether oxygens (including phenoxy) is 1. The minimum absolute atomic E-state index is 0.0752. The summed E-state index contributed by atoms with van der Waals surface area (Å²) in [5.41, 5.74) is 2.48. The van der Waals surface area contributed by atoms with Crippen LogP contribution in [-0.4, -0.2) is 22.3 Å². The summed E-state index contributed by atoms with van der Waals surface area (Å²) in [6.07, 6.45) is 1.76. The van der Waals surface area contributed by atoms with E-state index in [4.69, 9.17) is 9.26 Å². The van der Waals surface area contributed by atoms with Crippen molar-refractivity contribution in [3.05, 3.63) is 66.0 Å². The largest absolute Gasteiger partial charge is 0.475 e. The molecule has 0 saturated carbocycles. The molecular formula is C20H22N4O3. The molecular weight excluding hydrogens is 344 g/mol. The molecule has 0 spiro atoms. The second kappa shape index (κ2) is 8.84. The van der Waals surface area contributed by atoms with Crippen molar-refractivity contribution in [2.24, 2.45) is 0 Å².